The predicted octanol–water partition coefficient (Wildman–Crippen LogP) is 1.31. The van der Waals surface area contributed by atoms with E-state index in [1.54, 1.807) is 6.92 Å². The molecule has 3 aliphatic rings. The number of nitrogens with one attached hydrogen (secondary N) is 2. The lowest BCUT2D eigenvalue weighted by Crippen LogP contribution is -2.67. The molecule has 7 nitrogen and oxygen atoms in total. The third-order valence-electron chi connectivity index (χ3n) is 4.71. The van der Waals surface area contributed by atoms with Crippen LogP contribution >= 0.6 is 0 Å². The lowest BCUT2D eigenvalue weighted by molar-refractivity contribution is -0.205. The van der Waals surface area contributed by atoms with Crippen molar-refractivity contribution < 1.29 is 23.8 Å². The van der Waals surface area contributed by atoms with Gasteiger partial charge in [0.2, 0.25) is 5.91 Å². The zero-order chi connectivity index (χ0) is 16.4. The maximum absolute atomic E-state index is 11.9. The van der Waals surface area contributed by atoms with Crippen molar-refractivity contribution in [1.82, 2.24) is 10.6 Å². The van der Waals surface area contributed by atoms with Crippen LogP contribution < -0.4 is 10.6 Å². The second-order valence-electron chi connectivity index (χ2n) is 6.73. The summed E-state index contributed by atoms with van der Waals surface area (Å²) < 4.78 is 16.8. The van der Waals surface area contributed by atoms with Crippen molar-refractivity contribution in [2.75, 3.05) is 6.61 Å². The van der Waals surface area contributed by atoms with E-state index in [1.807, 2.05) is 6.92 Å². The molecule has 1 aliphatic carbocycles. The van der Waals surface area contributed by atoms with Gasteiger partial charge in [0.1, 0.15) is 6.10 Å². The van der Waals surface area contributed by atoms with Crippen LogP contribution in [0.2, 0.25) is 0 Å². The van der Waals surface area contributed by atoms with Gasteiger partial charge >= 0.3 is 6.09 Å². The zero-order valence-corrected chi connectivity index (χ0v) is 13.7. The summed E-state index contributed by atoms with van der Waals surface area (Å²) in [5.74, 6) is -0.374. The predicted molar refractivity (Wildman–Crippen MR) is 81.7 cm³/mol. The molecule has 2 saturated heterocycles. The van der Waals surface area contributed by atoms with Crippen LogP contribution in [0.25, 0.3) is 0 Å². The van der Waals surface area contributed by atoms with E-state index in [0.29, 0.717) is 6.61 Å². The van der Waals surface area contributed by atoms with E-state index in [0.717, 1.165) is 32.1 Å². The Bertz CT molecular complexity index is 448. The molecule has 2 N–H and O–H groups in total. The highest BCUT2D eigenvalue weighted by Gasteiger charge is 2.48. The lowest BCUT2D eigenvalue weighted by atomic mass is 9.83. The fourth-order valence-corrected chi connectivity index (χ4v) is 3.14. The number of hydrogen-bond donors (Lipinski definition) is 2. The molecule has 0 spiro atoms. The molecular weight excluding hydrogens is 300 g/mol. The average Bonchev–Trinajstić information content (AvgIpc) is 3.29. The fourth-order valence-electron chi connectivity index (χ4n) is 3.14. The molecule has 23 heavy (non-hydrogen) atoms. The minimum atomic E-state index is -0.413. The number of hydrogen-bond acceptors (Lipinski definition) is 5. The highest BCUT2D eigenvalue weighted by Crippen LogP contribution is 2.28. The quantitative estimate of drug-likeness (QED) is 0.719. The highest BCUT2D eigenvalue weighted by molar-refractivity contribution is 5.86. The molecule has 0 aromatic rings. The third kappa shape index (κ3) is 4.14. The van der Waals surface area contributed by atoms with E-state index in [-0.39, 0.29) is 36.3 Å². The second kappa shape index (κ2) is 7.05. The minimum Gasteiger partial charge on any atom is -0.444 e. The number of ether oxygens (including phenoxy) is 3. The fraction of sp³-hybridized carbons (Fsp3) is 0.875. The van der Waals surface area contributed by atoms with Crippen molar-refractivity contribution in [1.29, 1.82) is 0 Å². The molecule has 3 fully saturated rings. The minimum absolute atomic E-state index is 0.0589. The molecule has 1 saturated carbocycles. The van der Waals surface area contributed by atoms with Gasteiger partial charge in [0, 0.05) is 12.6 Å². The molecule has 0 bridgehead atoms. The molecule has 0 aromatic heterocycles. The Labute approximate surface area is 136 Å². The standard InChI is InChI=1S/C16H26N2O5/c1-9(22-12-5-3-4-8-21-12)13-14(18-15(13)19)10(2)23-16(20)17-11-6-7-11/h9-14H,3-8H2,1-2H3,(H,17,20)(H,18,19)/t9-,10+,12?,13-,14-/m1/s1. The Morgan fingerprint density at radius 1 is 1.26 bits per heavy atom. The van der Waals surface area contributed by atoms with Crippen LogP contribution in [0.4, 0.5) is 4.79 Å². The molecular formula is C16H26N2O5. The molecule has 7 heteroatoms. The van der Waals surface area contributed by atoms with Crippen molar-refractivity contribution in [3.63, 3.8) is 0 Å². The number of carbonyl (C=O) groups excluding carboxylic acids is 2. The first kappa shape index (κ1) is 16.5. The maximum Gasteiger partial charge on any atom is 0.407 e. The number of alkyl carbamates (subject to hydrolysis) is 1. The number of rotatable bonds is 6. The van der Waals surface area contributed by atoms with Crippen LogP contribution in [0.1, 0.15) is 46.0 Å². The van der Waals surface area contributed by atoms with Gasteiger partial charge in [0.15, 0.2) is 6.29 Å². The maximum atomic E-state index is 11.9. The van der Waals surface area contributed by atoms with Crippen LogP contribution in [0, 0.1) is 5.92 Å². The summed E-state index contributed by atoms with van der Waals surface area (Å²) in [6.07, 6.45) is 3.71. The highest BCUT2D eigenvalue weighted by atomic mass is 16.7. The topological polar surface area (TPSA) is 85.9 Å². The van der Waals surface area contributed by atoms with Crippen molar-refractivity contribution in [2.24, 2.45) is 5.92 Å². The molecule has 2 aliphatic heterocycles. The van der Waals surface area contributed by atoms with Gasteiger partial charge in [-0.1, -0.05) is 0 Å². The summed E-state index contributed by atoms with van der Waals surface area (Å²) in [4.78, 5) is 23.6. The Morgan fingerprint density at radius 2 is 2.04 bits per heavy atom. The van der Waals surface area contributed by atoms with E-state index in [4.69, 9.17) is 14.2 Å². The summed E-state index contributed by atoms with van der Waals surface area (Å²) in [7, 11) is 0. The first-order valence-electron chi connectivity index (χ1n) is 8.59. The second-order valence-corrected chi connectivity index (χ2v) is 6.73. The van der Waals surface area contributed by atoms with Gasteiger partial charge in [-0.15, -0.1) is 0 Å². The van der Waals surface area contributed by atoms with Gasteiger partial charge in [-0.2, -0.15) is 0 Å². The monoisotopic (exact) mass is 326 g/mol. The van der Waals surface area contributed by atoms with Crippen molar-refractivity contribution in [3.8, 4) is 0 Å². The smallest absolute Gasteiger partial charge is 0.407 e. The summed E-state index contributed by atoms with van der Waals surface area (Å²) in [6.45, 7) is 4.39. The zero-order valence-electron chi connectivity index (χ0n) is 13.7. The Morgan fingerprint density at radius 3 is 2.65 bits per heavy atom. The van der Waals surface area contributed by atoms with Crippen LogP contribution in [0.3, 0.4) is 0 Å². The molecule has 2 heterocycles. The number of carbonyl (C=O) groups is 2. The first-order chi connectivity index (χ1) is 11.0. The van der Waals surface area contributed by atoms with Crippen molar-refractivity contribution in [3.05, 3.63) is 0 Å². The largest absolute Gasteiger partial charge is 0.444 e. The molecule has 5 atom stereocenters. The lowest BCUT2D eigenvalue weighted by Gasteiger charge is -2.43. The molecule has 3 rings (SSSR count). The number of amides is 2. The Kier molecular flexibility index (Phi) is 5.06. The first-order valence-corrected chi connectivity index (χ1v) is 8.59. The summed E-state index contributed by atoms with van der Waals surface area (Å²) in [5, 5.41) is 5.60. The Hall–Kier alpha value is -1.34. The van der Waals surface area contributed by atoms with Gasteiger partial charge in [0.25, 0.3) is 0 Å². The van der Waals surface area contributed by atoms with E-state index in [1.165, 1.54) is 0 Å². The third-order valence-corrected chi connectivity index (χ3v) is 4.71. The van der Waals surface area contributed by atoms with Gasteiger partial charge in [-0.25, -0.2) is 4.79 Å². The Balaban J connectivity index is 1.48. The SMILES string of the molecule is C[C@H](OC(=O)NC1CC1)[C@H]1NC(=O)[C@@H]1[C@@H](C)OC1CCCCO1. The van der Waals surface area contributed by atoms with Crippen molar-refractivity contribution >= 4 is 12.0 Å². The van der Waals surface area contributed by atoms with Gasteiger partial charge in [-0.3, -0.25) is 4.79 Å². The van der Waals surface area contributed by atoms with E-state index in [2.05, 4.69) is 10.6 Å². The van der Waals surface area contributed by atoms with Crippen LogP contribution in [0.15, 0.2) is 0 Å². The molecule has 0 aromatic carbocycles. The molecule has 130 valence electrons. The molecule has 2 amide bonds. The van der Waals surface area contributed by atoms with E-state index >= 15 is 0 Å². The van der Waals surface area contributed by atoms with Gasteiger partial charge < -0.3 is 24.8 Å². The van der Waals surface area contributed by atoms with Crippen LogP contribution in [-0.2, 0) is 19.0 Å². The number of β-lactam (4-membered cyclic amide) rings is 1. The van der Waals surface area contributed by atoms with Gasteiger partial charge in [0.05, 0.1) is 18.1 Å². The van der Waals surface area contributed by atoms with Crippen LogP contribution in [-0.4, -0.2) is 49.2 Å². The summed E-state index contributed by atoms with van der Waals surface area (Å²) >= 11 is 0. The van der Waals surface area contributed by atoms with Crippen LogP contribution in [0.5, 0.6) is 0 Å². The molecule has 0 radical (unpaired) electrons. The van der Waals surface area contributed by atoms with Gasteiger partial charge in [-0.05, 0) is 46.0 Å². The van der Waals surface area contributed by atoms with Crippen molar-refractivity contribution in [2.45, 2.75) is 76.5 Å². The average molecular weight is 326 g/mol. The summed E-state index contributed by atoms with van der Waals surface area (Å²) in [5.41, 5.74) is 0. The normalized spacial score (nSPS) is 33.1. The summed E-state index contributed by atoms with van der Waals surface area (Å²) in [6, 6.07) is 0.0400. The molecule has 1 unspecified atom stereocenters. The van der Waals surface area contributed by atoms with E-state index in [9.17, 15) is 9.59 Å². The van der Waals surface area contributed by atoms with E-state index < -0.39 is 12.2 Å².